The minimum atomic E-state index is -3.63. The maximum atomic E-state index is 12.3. The van der Waals surface area contributed by atoms with E-state index in [0.29, 0.717) is 11.3 Å². The molecule has 122 valence electrons. The number of hydrogen-bond donors (Lipinski definition) is 2. The molecular formula is C18H16N2O3S. The minimum absolute atomic E-state index is 0.190. The van der Waals surface area contributed by atoms with Crippen LogP contribution in [0.15, 0.2) is 71.6 Å². The van der Waals surface area contributed by atoms with Gasteiger partial charge in [0.05, 0.1) is 10.6 Å². The topological polar surface area (TPSA) is 75.3 Å². The van der Waals surface area contributed by atoms with E-state index in [1.807, 2.05) is 0 Å². The Hall–Kier alpha value is -3.04. The van der Waals surface area contributed by atoms with E-state index in [0.717, 1.165) is 0 Å². The van der Waals surface area contributed by atoms with Crippen molar-refractivity contribution < 1.29 is 13.2 Å². The van der Waals surface area contributed by atoms with Crippen LogP contribution < -0.4 is 10.0 Å². The van der Waals surface area contributed by atoms with Crippen molar-refractivity contribution in [1.82, 2.24) is 5.32 Å². The molecule has 5 nitrogen and oxygen atoms in total. The molecule has 0 spiro atoms. The van der Waals surface area contributed by atoms with Crippen molar-refractivity contribution in [1.29, 1.82) is 0 Å². The molecule has 2 aromatic carbocycles. The number of likely N-dealkylation sites (N-methyl/N-ethyl adjacent to an activating group) is 1. The molecule has 0 aliphatic heterocycles. The average molecular weight is 340 g/mol. The smallest absolute Gasteiger partial charge is 0.261 e. The molecule has 0 saturated carbocycles. The Bertz CT molecular complexity index is 908. The van der Waals surface area contributed by atoms with Gasteiger partial charge < -0.3 is 5.32 Å². The molecule has 24 heavy (non-hydrogen) atoms. The van der Waals surface area contributed by atoms with Crippen molar-refractivity contribution in [3.05, 3.63) is 72.3 Å². The van der Waals surface area contributed by atoms with Crippen LogP contribution in [0, 0.1) is 11.8 Å². The van der Waals surface area contributed by atoms with Crippen LogP contribution in [0.1, 0.15) is 5.56 Å². The summed E-state index contributed by atoms with van der Waals surface area (Å²) in [5, 5.41) is 2.44. The molecule has 0 radical (unpaired) electrons. The zero-order chi connectivity index (χ0) is 17.4. The molecule has 0 aliphatic rings. The molecule has 0 bridgehead atoms. The van der Waals surface area contributed by atoms with E-state index in [1.54, 1.807) is 42.5 Å². The molecular weight excluding hydrogens is 324 g/mol. The normalized spacial score (nSPS) is 10.7. The Morgan fingerprint density at radius 2 is 1.83 bits per heavy atom. The second-order valence-corrected chi connectivity index (χ2v) is 6.40. The highest BCUT2D eigenvalue weighted by molar-refractivity contribution is 7.92. The summed E-state index contributed by atoms with van der Waals surface area (Å²) in [6, 6.07) is 14.8. The van der Waals surface area contributed by atoms with Gasteiger partial charge in [-0.15, -0.1) is 0 Å². The molecule has 0 fully saturated rings. The summed E-state index contributed by atoms with van der Waals surface area (Å²) < 4.78 is 27.1. The van der Waals surface area contributed by atoms with Gasteiger partial charge >= 0.3 is 0 Å². The highest BCUT2D eigenvalue weighted by atomic mass is 32.2. The van der Waals surface area contributed by atoms with Gasteiger partial charge in [-0.3, -0.25) is 9.52 Å². The molecule has 0 saturated heterocycles. The summed E-state index contributed by atoms with van der Waals surface area (Å²) in [5.74, 6) is 5.32. The fourth-order valence-corrected chi connectivity index (χ4v) is 2.87. The molecule has 0 atom stereocenters. The first-order valence-corrected chi connectivity index (χ1v) is 8.57. The zero-order valence-corrected chi connectivity index (χ0v) is 13.8. The summed E-state index contributed by atoms with van der Waals surface area (Å²) in [5.41, 5.74) is 1.05. The van der Waals surface area contributed by atoms with Gasteiger partial charge in [0, 0.05) is 18.7 Å². The number of carbonyl (C=O) groups excluding carboxylic acids is 1. The number of rotatable bonds is 4. The molecule has 0 heterocycles. The first kappa shape index (κ1) is 17.3. The van der Waals surface area contributed by atoms with Gasteiger partial charge in [0.25, 0.3) is 10.0 Å². The van der Waals surface area contributed by atoms with Crippen LogP contribution >= 0.6 is 0 Å². The van der Waals surface area contributed by atoms with Crippen molar-refractivity contribution in [3.8, 4) is 11.8 Å². The maximum absolute atomic E-state index is 12.3. The minimum Gasteiger partial charge on any atom is -0.356 e. The number of hydrogen-bond acceptors (Lipinski definition) is 3. The maximum Gasteiger partial charge on any atom is 0.261 e. The first-order chi connectivity index (χ1) is 11.5. The molecule has 0 aromatic heterocycles. The Balaban J connectivity index is 2.15. The lowest BCUT2D eigenvalue weighted by molar-refractivity contribution is -0.116. The third-order valence-electron chi connectivity index (χ3n) is 2.95. The monoisotopic (exact) mass is 340 g/mol. The lowest BCUT2D eigenvalue weighted by Gasteiger charge is -2.08. The number of anilines is 1. The van der Waals surface area contributed by atoms with Crippen molar-refractivity contribution in [2.75, 3.05) is 11.8 Å². The summed E-state index contributed by atoms with van der Waals surface area (Å²) in [6.07, 6.45) is 2.74. The van der Waals surface area contributed by atoms with Crippen LogP contribution in [0.2, 0.25) is 0 Å². The largest absolute Gasteiger partial charge is 0.356 e. The Kier molecular flexibility index (Phi) is 5.77. The van der Waals surface area contributed by atoms with E-state index in [2.05, 4.69) is 21.9 Å². The second kappa shape index (κ2) is 7.99. The lowest BCUT2D eigenvalue weighted by Crippen LogP contribution is -2.13. The van der Waals surface area contributed by atoms with E-state index in [-0.39, 0.29) is 10.8 Å². The molecule has 0 unspecified atom stereocenters. The third kappa shape index (κ3) is 5.00. The van der Waals surface area contributed by atoms with E-state index >= 15 is 0 Å². The Labute approximate surface area is 141 Å². The van der Waals surface area contributed by atoms with Crippen LogP contribution in [-0.4, -0.2) is 21.4 Å². The molecule has 1 amide bonds. The number of carbonyl (C=O) groups is 1. The molecule has 0 aliphatic carbocycles. The van der Waals surface area contributed by atoms with Gasteiger partial charge in [0.1, 0.15) is 0 Å². The fraction of sp³-hybridized carbons (Fsp3) is 0.0556. The van der Waals surface area contributed by atoms with Crippen LogP contribution in [0.3, 0.4) is 0 Å². The molecule has 2 rings (SSSR count). The quantitative estimate of drug-likeness (QED) is 0.661. The van der Waals surface area contributed by atoms with E-state index in [4.69, 9.17) is 0 Å². The lowest BCUT2D eigenvalue weighted by atomic mass is 10.2. The number of amides is 1. The molecule has 2 aromatic rings. The number of allylic oxidation sites excluding steroid dienone is 1. The first-order valence-electron chi connectivity index (χ1n) is 7.09. The van der Waals surface area contributed by atoms with Crippen LogP contribution in [0.25, 0.3) is 0 Å². The third-order valence-corrected chi connectivity index (χ3v) is 4.35. The number of sulfonamides is 1. The average Bonchev–Trinajstić information content (AvgIpc) is 2.59. The standard InChI is InChI=1S/C18H16N2O3S/c1-19-18(21)13-6-5-8-15-9-7-10-16(14-15)20-24(22,23)17-11-3-2-4-12-17/h2-4,6-7,9-14,20H,1H3,(H,19,21)/b13-6+. The highest BCUT2D eigenvalue weighted by Crippen LogP contribution is 2.16. The van der Waals surface area contributed by atoms with Crippen molar-refractivity contribution in [3.63, 3.8) is 0 Å². The van der Waals surface area contributed by atoms with Crippen molar-refractivity contribution in [2.24, 2.45) is 0 Å². The zero-order valence-electron chi connectivity index (χ0n) is 13.0. The second-order valence-electron chi connectivity index (χ2n) is 4.72. The predicted molar refractivity (Wildman–Crippen MR) is 93.8 cm³/mol. The predicted octanol–water partition coefficient (Wildman–Crippen LogP) is 2.14. The van der Waals surface area contributed by atoms with Gasteiger partial charge in [-0.25, -0.2) is 8.42 Å². The summed E-state index contributed by atoms with van der Waals surface area (Å²) >= 11 is 0. The van der Waals surface area contributed by atoms with Gasteiger partial charge in [0.15, 0.2) is 0 Å². The molecule has 2 N–H and O–H groups in total. The van der Waals surface area contributed by atoms with Crippen molar-refractivity contribution >= 4 is 21.6 Å². The summed E-state index contributed by atoms with van der Waals surface area (Å²) in [7, 11) is -2.10. The Morgan fingerprint density at radius 1 is 1.08 bits per heavy atom. The van der Waals surface area contributed by atoms with Gasteiger partial charge in [-0.2, -0.15) is 0 Å². The SMILES string of the molecule is CNC(=O)/C=C/C#Cc1cccc(NS(=O)(=O)c2ccccc2)c1. The van der Waals surface area contributed by atoms with E-state index < -0.39 is 10.0 Å². The number of benzene rings is 2. The highest BCUT2D eigenvalue weighted by Gasteiger charge is 2.13. The van der Waals surface area contributed by atoms with E-state index in [1.165, 1.54) is 31.3 Å². The van der Waals surface area contributed by atoms with Crippen LogP contribution in [-0.2, 0) is 14.8 Å². The van der Waals surface area contributed by atoms with Gasteiger partial charge in [-0.1, -0.05) is 36.1 Å². The summed E-state index contributed by atoms with van der Waals surface area (Å²) in [4.78, 5) is 11.2. The van der Waals surface area contributed by atoms with E-state index in [9.17, 15) is 13.2 Å². The number of nitrogens with one attached hydrogen (secondary N) is 2. The van der Waals surface area contributed by atoms with Gasteiger partial charge in [-0.05, 0) is 36.4 Å². The van der Waals surface area contributed by atoms with Crippen LogP contribution in [0.5, 0.6) is 0 Å². The fourth-order valence-electron chi connectivity index (χ4n) is 1.80. The summed E-state index contributed by atoms with van der Waals surface area (Å²) in [6.45, 7) is 0. The van der Waals surface area contributed by atoms with Gasteiger partial charge in [0.2, 0.25) is 5.91 Å². The Morgan fingerprint density at radius 3 is 2.54 bits per heavy atom. The van der Waals surface area contributed by atoms with Crippen molar-refractivity contribution in [2.45, 2.75) is 4.90 Å². The van der Waals surface area contributed by atoms with Crippen LogP contribution in [0.4, 0.5) is 5.69 Å². The molecule has 6 heteroatoms.